The minimum atomic E-state index is -0.588. The fourth-order valence-electron chi connectivity index (χ4n) is 4.10. The maximum absolute atomic E-state index is 2.35. The van der Waals surface area contributed by atoms with Crippen molar-refractivity contribution in [2.45, 2.75) is 0 Å². The molecule has 0 spiro atoms. The second-order valence-electron chi connectivity index (χ2n) is 7.70. The minimum Gasteiger partial charge on any atom is -0.0622 e. The summed E-state index contributed by atoms with van der Waals surface area (Å²) < 4.78 is 0. The first-order valence-electron chi connectivity index (χ1n) is 10.9. The predicted octanol–water partition coefficient (Wildman–Crippen LogP) is 5.99. The first-order chi connectivity index (χ1) is 15.9. The largest absolute Gasteiger partial charge is 0.0622 e. The number of hydrogen-bond acceptors (Lipinski definition) is 0. The van der Waals surface area contributed by atoms with Crippen molar-refractivity contribution in [3.8, 4) is 0 Å². The van der Waals surface area contributed by atoms with Crippen LogP contribution >= 0.6 is 15.8 Å². The lowest BCUT2D eigenvalue weighted by atomic mass is 10.1. The molecule has 5 radical (unpaired) electrons. The van der Waals surface area contributed by atoms with Gasteiger partial charge in [-0.2, -0.15) is 0 Å². The third-order valence-corrected chi connectivity index (χ3v) is 10.7. The molecule has 0 atom stereocenters. The molecule has 32 heavy (non-hydrogen) atoms. The molecule has 5 rings (SSSR count). The van der Waals surface area contributed by atoms with E-state index in [0.29, 0.717) is 0 Å². The van der Waals surface area contributed by atoms with Crippen molar-refractivity contribution in [3.05, 3.63) is 152 Å². The van der Waals surface area contributed by atoms with E-state index in [-0.39, 0.29) is 0 Å². The molecule has 1 saturated carbocycles. The predicted molar refractivity (Wildman–Crippen MR) is 142 cm³/mol. The summed E-state index contributed by atoms with van der Waals surface area (Å²) in [7, 11) is -1.06. The van der Waals surface area contributed by atoms with E-state index in [2.05, 4.69) is 141 Å². The molecule has 0 bridgehead atoms. The van der Waals surface area contributed by atoms with Gasteiger partial charge in [0, 0.05) is 5.66 Å². The Kier molecular flexibility index (Phi) is 7.13. The van der Waals surface area contributed by atoms with Crippen molar-refractivity contribution in [2.75, 3.05) is 6.16 Å². The molecule has 155 valence electrons. The van der Waals surface area contributed by atoms with Crippen LogP contribution in [0.2, 0.25) is 0 Å². The van der Waals surface area contributed by atoms with E-state index in [1.807, 2.05) is 0 Å². The third-order valence-electron chi connectivity index (χ3n) is 5.61. The number of hydrogen-bond donors (Lipinski definition) is 0. The molecule has 0 aromatic heterocycles. The zero-order valence-corrected chi connectivity index (χ0v) is 19.7. The molecule has 0 heterocycles. The van der Waals surface area contributed by atoms with Crippen molar-refractivity contribution >= 4 is 37.1 Å². The molecular weight excluding hydrogens is 422 g/mol. The highest BCUT2D eigenvalue weighted by atomic mass is 31.1. The minimum absolute atomic E-state index is 0.470. The normalized spacial score (nSPS) is 14.9. The van der Waals surface area contributed by atoms with Crippen LogP contribution in [0.3, 0.4) is 0 Å². The molecule has 0 amide bonds. The van der Waals surface area contributed by atoms with Gasteiger partial charge in [0.05, 0.1) is 0 Å². The van der Waals surface area contributed by atoms with E-state index in [1.165, 1.54) is 32.8 Å². The molecular formula is C30H25P2. The second-order valence-corrected chi connectivity index (χ2v) is 12.1. The Morgan fingerprint density at radius 3 is 1.28 bits per heavy atom. The van der Waals surface area contributed by atoms with E-state index in [9.17, 15) is 0 Å². The van der Waals surface area contributed by atoms with Gasteiger partial charge in [0.2, 0.25) is 0 Å². The Balaban J connectivity index is 1.49. The average molecular weight is 447 g/mol. The summed E-state index contributed by atoms with van der Waals surface area (Å²) in [6.45, 7) is 0. The smallest absolute Gasteiger partial charge is 0.0199 e. The molecule has 0 nitrogen and oxygen atoms in total. The Morgan fingerprint density at radius 2 is 0.844 bits per heavy atom. The zero-order chi connectivity index (χ0) is 21.6. The van der Waals surface area contributed by atoms with Crippen LogP contribution in [-0.4, -0.2) is 6.16 Å². The molecule has 1 aliphatic rings. The van der Waals surface area contributed by atoms with Crippen molar-refractivity contribution in [3.63, 3.8) is 0 Å². The highest BCUT2D eigenvalue weighted by Gasteiger charge is 2.38. The summed E-state index contributed by atoms with van der Waals surface area (Å²) in [5.41, 5.74) is 1.48. The van der Waals surface area contributed by atoms with Crippen LogP contribution in [0, 0.1) is 30.8 Å². The quantitative estimate of drug-likeness (QED) is 0.306. The van der Waals surface area contributed by atoms with Crippen molar-refractivity contribution in [2.24, 2.45) is 0 Å². The molecule has 1 aliphatic carbocycles. The van der Waals surface area contributed by atoms with Gasteiger partial charge in [-0.3, -0.25) is 0 Å². The summed E-state index contributed by atoms with van der Waals surface area (Å²) in [4.78, 5) is 0. The zero-order valence-electron chi connectivity index (χ0n) is 17.9. The van der Waals surface area contributed by atoms with Gasteiger partial charge in [-0.15, -0.1) is 0 Å². The molecule has 0 saturated heterocycles. The van der Waals surface area contributed by atoms with Crippen molar-refractivity contribution in [1.82, 2.24) is 0 Å². The molecule has 2 heteroatoms. The Labute approximate surface area is 195 Å². The van der Waals surface area contributed by atoms with Gasteiger partial charge in [0.1, 0.15) is 0 Å². The summed E-state index contributed by atoms with van der Waals surface area (Å²) in [5, 5.41) is 5.68. The lowest BCUT2D eigenvalue weighted by Crippen LogP contribution is -2.23. The maximum Gasteiger partial charge on any atom is 0.0199 e. The summed E-state index contributed by atoms with van der Waals surface area (Å²) in [5.74, 6) is 1.47. The Hall–Kier alpha value is -2.26. The van der Waals surface area contributed by atoms with Crippen LogP contribution in [0.5, 0.6) is 0 Å². The van der Waals surface area contributed by atoms with E-state index < -0.39 is 15.8 Å². The number of rotatable bonds is 7. The maximum atomic E-state index is 2.35. The van der Waals surface area contributed by atoms with Gasteiger partial charge in [-0.25, -0.2) is 0 Å². The van der Waals surface area contributed by atoms with Gasteiger partial charge in [-0.1, -0.05) is 121 Å². The lowest BCUT2D eigenvalue weighted by Gasteiger charge is -2.31. The topological polar surface area (TPSA) is 0 Å². The van der Waals surface area contributed by atoms with Gasteiger partial charge in [0.15, 0.2) is 0 Å². The first-order valence-corrected chi connectivity index (χ1v) is 13.8. The molecule has 1 fully saturated rings. The van der Waals surface area contributed by atoms with Crippen LogP contribution in [0.25, 0.3) is 0 Å². The van der Waals surface area contributed by atoms with E-state index in [0.717, 1.165) is 6.16 Å². The number of benzene rings is 4. The third kappa shape index (κ3) is 4.88. The van der Waals surface area contributed by atoms with E-state index >= 15 is 0 Å². The van der Waals surface area contributed by atoms with Gasteiger partial charge in [0.25, 0.3) is 0 Å². The standard InChI is InChI=1S/C30H25P2/c1-5-15-26(16-6-1)31(27-17-7-2-8-18-27)24-25-14-13-23-30(25)32(28-19-9-3-10-20-28)29-21-11-4-12-22-29/h1-23H,24H2. The Bertz CT molecular complexity index is 1000. The SMILES string of the molecule is [CH]1[CH][C](CP(c2ccccc2)c2ccccc2)[C](P(c2ccccc2)c2ccccc2)[CH]1. The highest BCUT2D eigenvalue weighted by molar-refractivity contribution is 7.76. The van der Waals surface area contributed by atoms with Crippen LogP contribution in [0.1, 0.15) is 0 Å². The molecule has 4 aromatic carbocycles. The van der Waals surface area contributed by atoms with Crippen LogP contribution in [0.15, 0.2) is 121 Å². The molecule has 0 unspecified atom stereocenters. The van der Waals surface area contributed by atoms with E-state index in [1.54, 1.807) is 0 Å². The molecule has 4 aromatic rings. The summed E-state index contributed by atoms with van der Waals surface area (Å²) >= 11 is 0. The summed E-state index contributed by atoms with van der Waals surface area (Å²) in [6, 6.07) is 44.1. The monoisotopic (exact) mass is 447 g/mol. The first kappa shape index (κ1) is 21.6. The molecule has 0 N–H and O–H groups in total. The van der Waals surface area contributed by atoms with E-state index in [4.69, 9.17) is 0 Å². The van der Waals surface area contributed by atoms with Crippen molar-refractivity contribution < 1.29 is 0 Å². The fraction of sp³-hybridized carbons (Fsp3) is 0.0333. The molecule has 0 aliphatic heterocycles. The van der Waals surface area contributed by atoms with Crippen molar-refractivity contribution in [1.29, 1.82) is 0 Å². The van der Waals surface area contributed by atoms with Crippen LogP contribution in [0.4, 0.5) is 0 Å². The average Bonchev–Trinajstić information content (AvgIpc) is 3.33. The van der Waals surface area contributed by atoms with Crippen LogP contribution < -0.4 is 21.2 Å². The van der Waals surface area contributed by atoms with Gasteiger partial charge in [-0.05, 0) is 68.4 Å². The lowest BCUT2D eigenvalue weighted by molar-refractivity contribution is 1.22. The Morgan fingerprint density at radius 1 is 0.438 bits per heavy atom. The summed E-state index contributed by atoms with van der Waals surface area (Å²) in [6.07, 6.45) is 8.00. The highest BCUT2D eigenvalue weighted by Crippen LogP contribution is 2.58. The van der Waals surface area contributed by atoms with Gasteiger partial charge < -0.3 is 0 Å². The second kappa shape index (κ2) is 10.6. The van der Waals surface area contributed by atoms with Crippen LogP contribution in [-0.2, 0) is 0 Å². The fourth-order valence-corrected chi connectivity index (χ4v) is 9.04. The van der Waals surface area contributed by atoms with Gasteiger partial charge >= 0.3 is 0 Å².